The van der Waals surface area contributed by atoms with E-state index >= 15 is 0 Å². The van der Waals surface area contributed by atoms with Crippen LogP contribution in [0.2, 0.25) is 0 Å². The fourth-order valence-electron chi connectivity index (χ4n) is 3.60. The number of aromatic amines is 1. The molecule has 3 aromatic rings. The third kappa shape index (κ3) is 3.42. The second kappa shape index (κ2) is 7.22. The maximum Gasteiger partial charge on any atom is 0.228 e. The summed E-state index contributed by atoms with van der Waals surface area (Å²) in [6.45, 7) is 1.88. The van der Waals surface area contributed by atoms with Gasteiger partial charge in [-0.3, -0.25) is 9.89 Å². The maximum absolute atomic E-state index is 12.6. The Morgan fingerprint density at radius 2 is 2.04 bits per heavy atom. The molecule has 2 aromatic carbocycles. The van der Waals surface area contributed by atoms with E-state index in [4.69, 9.17) is 0 Å². The first-order chi connectivity index (χ1) is 13.2. The van der Waals surface area contributed by atoms with Crippen molar-refractivity contribution in [1.82, 2.24) is 15.1 Å². The molecule has 1 aromatic heterocycles. The molecule has 0 saturated carbocycles. The van der Waals surface area contributed by atoms with Crippen molar-refractivity contribution in [2.45, 2.75) is 12.8 Å². The van der Waals surface area contributed by atoms with Gasteiger partial charge in [-0.15, -0.1) is 0 Å². The van der Waals surface area contributed by atoms with Crippen LogP contribution in [0.1, 0.15) is 18.4 Å². The van der Waals surface area contributed by atoms with Gasteiger partial charge in [-0.25, -0.2) is 0 Å². The van der Waals surface area contributed by atoms with Gasteiger partial charge in [0.1, 0.15) is 0 Å². The molecule has 6 heteroatoms. The molecule has 2 heterocycles. The first-order valence-electron chi connectivity index (χ1n) is 9.13. The highest BCUT2D eigenvalue weighted by Gasteiger charge is 2.24. The average molecular weight is 359 g/mol. The smallest absolute Gasteiger partial charge is 0.228 e. The Labute approximate surface area is 157 Å². The number of benzene rings is 2. The largest absolute Gasteiger partial charge is 0.308 e. The molecule has 1 saturated heterocycles. The number of aromatic nitrogens is 2. The van der Waals surface area contributed by atoms with Gasteiger partial charge in [-0.05, 0) is 62.3 Å². The molecule has 4 rings (SSSR count). The molecule has 1 aliphatic rings. The number of rotatable bonds is 3. The number of carbonyl (C=O) groups excluding carboxylic acids is 1. The lowest BCUT2D eigenvalue weighted by atomic mass is 9.96. The van der Waals surface area contributed by atoms with Crippen molar-refractivity contribution < 1.29 is 4.79 Å². The summed E-state index contributed by atoms with van der Waals surface area (Å²) in [5.41, 5.74) is 3.27. The topological polar surface area (TPSA) is 84.8 Å². The van der Waals surface area contributed by atoms with Crippen molar-refractivity contribution in [1.29, 1.82) is 5.26 Å². The van der Waals surface area contributed by atoms with Crippen LogP contribution < -0.4 is 5.32 Å². The van der Waals surface area contributed by atoms with Crippen molar-refractivity contribution in [3.63, 3.8) is 0 Å². The number of anilines is 1. The molecule has 1 amide bonds. The van der Waals surface area contributed by atoms with Crippen LogP contribution in [0, 0.1) is 17.2 Å². The molecule has 1 fully saturated rings. The number of likely N-dealkylation sites (tertiary alicyclic amines) is 1. The van der Waals surface area contributed by atoms with E-state index in [1.807, 2.05) is 36.4 Å². The molecule has 0 unspecified atom stereocenters. The lowest BCUT2D eigenvalue weighted by Gasteiger charge is -2.27. The van der Waals surface area contributed by atoms with E-state index in [0.29, 0.717) is 11.4 Å². The minimum absolute atomic E-state index is 0.0236. The van der Waals surface area contributed by atoms with Crippen LogP contribution in [-0.4, -0.2) is 41.1 Å². The highest BCUT2D eigenvalue weighted by atomic mass is 16.2. The van der Waals surface area contributed by atoms with Crippen LogP contribution in [-0.2, 0) is 4.79 Å². The Bertz CT molecular complexity index is 1020. The maximum atomic E-state index is 12.6. The molecule has 2 N–H and O–H groups in total. The lowest BCUT2D eigenvalue weighted by Crippen LogP contribution is -2.36. The highest BCUT2D eigenvalue weighted by molar-refractivity contribution is 6.01. The van der Waals surface area contributed by atoms with E-state index in [1.54, 1.807) is 6.07 Å². The highest BCUT2D eigenvalue weighted by Crippen LogP contribution is 2.30. The van der Waals surface area contributed by atoms with Crippen molar-refractivity contribution in [3.05, 3.63) is 48.0 Å². The number of hydrogen-bond donors (Lipinski definition) is 2. The van der Waals surface area contributed by atoms with E-state index in [9.17, 15) is 10.1 Å². The number of nitrogens with zero attached hydrogens (tertiary/aromatic N) is 3. The van der Waals surface area contributed by atoms with Crippen LogP contribution in [0.25, 0.3) is 22.0 Å². The van der Waals surface area contributed by atoms with Gasteiger partial charge in [-0.1, -0.05) is 24.3 Å². The molecule has 1 aliphatic heterocycles. The summed E-state index contributed by atoms with van der Waals surface area (Å²) in [7, 11) is 2.08. The minimum Gasteiger partial charge on any atom is -0.308 e. The van der Waals surface area contributed by atoms with Gasteiger partial charge in [0.05, 0.1) is 17.1 Å². The molecule has 6 nitrogen and oxygen atoms in total. The lowest BCUT2D eigenvalue weighted by molar-refractivity contribution is -0.121. The molecule has 0 aliphatic carbocycles. The zero-order valence-corrected chi connectivity index (χ0v) is 15.2. The zero-order valence-electron chi connectivity index (χ0n) is 15.2. The molecule has 0 radical (unpaired) electrons. The van der Waals surface area contributed by atoms with Crippen LogP contribution in [0.15, 0.2) is 42.5 Å². The van der Waals surface area contributed by atoms with E-state index in [1.165, 1.54) is 0 Å². The first kappa shape index (κ1) is 17.3. The fraction of sp³-hybridized carbons (Fsp3) is 0.286. The van der Waals surface area contributed by atoms with E-state index in [2.05, 4.69) is 33.5 Å². The van der Waals surface area contributed by atoms with Gasteiger partial charge < -0.3 is 10.2 Å². The number of amides is 1. The normalized spacial score (nSPS) is 15.6. The monoisotopic (exact) mass is 359 g/mol. The number of piperidine rings is 1. The Hall–Kier alpha value is -3.17. The molecule has 136 valence electrons. The summed E-state index contributed by atoms with van der Waals surface area (Å²) in [4.78, 5) is 14.9. The van der Waals surface area contributed by atoms with Crippen molar-refractivity contribution >= 4 is 22.6 Å². The van der Waals surface area contributed by atoms with Crippen molar-refractivity contribution in [2.24, 2.45) is 5.92 Å². The predicted octanol–water partition coefficient (Wildman–Crippen LogP) is 3.38. The number of fused-ring (bicyclic) bond motifs is 1. The van der Waals surface area contributed by atoms with Gasteiger partial charge in [0.15, 0.2) is 5.82 Å². The first-order valence-corrected chi connectivity index (χ1v) is 9.13. The van der Waals surface area contributed by atoms with Crippen LogP contribution in [0.4, 0.5) is 5.82 Å². The third-order valence-electron chi connectivity index (χ3n) is 5.25. The van der Waals surface area contributed by atoms with Crippen LogP contribution in [0.5, 0.6) is 0 Å². The van der Waals surface area contributed by atoms with Gasteiger partial charge >= 0.3 is 0 Å². The quantitative estimate of drug-likeness (QED) is 0.751. The number of H-pyrrole nitrogens is 1. The minimum atomic E-state index is 0.0236. The molecule has 27 heavy (non-hydrogen) atoms. The Balaban J connectivity index is 1.63. The summed E-state index contributed by atoms with van der Waals surface area (Å²) in [5, 5.41) is 20.5. The number of nitrogens with one attached hydrogen (secondary N) is 2. The van der Waals surface area contributed by atoms with Crippen LogP contribution in [0.3, 0.4) is 0 Å². The zero-order chi connectivity index (χ0) is 18.8. The van der Waals surface area contributed by atoms with Gasteiger partial charge in [0.25, 0.3) is 0 Å². The van der Waals surface area contributed by atoms with E-state index in [0.717, 1.165) is 48.0 Å². The summed E-state index contributed by atoms with van der Waals surface area (Å²) < 4.78 is 0. The fourth-order valence-corrected chi connectivity index (χ4v) is 3.60. The summed E-state index contributed by atoms with van der Waals surface area (Å²) in [5.74, 6) is 0.597. The Morgan fingerprint density at radius 3 is 2.81 bits per heavy atom. The van der Waals surface area contributed by atoms with Gasteiger partial charge in [0, 0.05) is 11.3 Å². The number of nitriles is 1. The number of carbonyl (C=O) groups is 1. The van der Waals surface area contributed by atoms with Crippen LogP contribution >= 0.6 is 0 Å². The Morgan fingerprint density at radius 1 is 1.26 bits per heavy atom. The van der Waals surface area contributed by atoms with Crippen molar-refractivity contribution in [2.75, 3.05) is 25.5 Å². The summed E-state index contributed by atoms with van der Waals surface area (Å²) in [6.07, 6.45) is 1.73. The Kier molecular flexibility index (Phi) is 4.61. The summed E-state index contributed by atoms with van der Waals surface area (Å²) >= 11 is 0. The molecule has 0 bridgehead atoms. The van der Waals surface area contributed by atoms with Crippen molar-refractivity contribution in [3.8, 4) is 17.2 Å². The van der Waals surface area contributed by atoms with E-state index in [-0.39, 0.29) is 11.8 Å². The summed E-state index contributed by atoms with van der Waals surface area (Å²) in [6, 6.07) is 15.6. The van der Waals surface area contributed by atoms with Gasteiger partial charge in [0.2, 0.25) is 5.91 Å². The standard InChI is InChI=1S/C21H21N5O/c1-26-10-8-14(9-11-26)21(27)23-20-18-12-15(6-7-19(18)24-25-20)17-5-3-2-4-16(17)13-22/h2-7,12,14H,8-11H2,1H3,(H2,23,24,25,27). The second-order valence-electron chi connectivity index (χ2n) is 7.06. The average Bonchev–Trinajstić information content (AvgIpc) is 3.10. The molecule has 0 atom stereocenters. The molecule has 0 spiro atoms. The number of hydrogen-bond acceptors (Lipinski definition) is 4. The second-order valence-corrected chi connectivity index (χ2v) is 7.06. The SMILES string of the molecule is CN1CCC(C(=O)Nc2n[nH]c3ccc(-c4ccccc4C#N)cc23)CC1. The molecular weight excluding hydrogens is 338 g/mol. The third-order valence-corrected chi connectivity index (χ3v) is 5.25. The van der Waals surface area contributed by atoms with Gasteiger partial charge in [-0.2, -0.15) is 10.4 Å². The van der Waals surface area contributed by atoms with E-state index < -0.39 is 0 Å². The predicted molar refractivity (Wildman–Crippen MR) is 105 cm³/mol. The molecular formula is C21H21N5O.